The van der Waals surface area contributed by atoms with E-state index in [1.54, 1.807) is 30.9 Å². The van der Waals surface area contributed by atoms with E-state index in [2.05, 4.69) is 5.32 Å². The van der Waals surface area contributed by atoms with E-state index in [0.717, 1.165) is 22.3 Å². The second-order valence-corrected chi connectivity index (χ2v) is 9.24. The van der Waals surface area contributed by atoms with Crippen molar-refractivity contribution in [3.05, 3.63) is 118 Å². The van der Waals surface area contributed by atoms with Gasteiger partial charge in [0.1, 0.15) is 0 Å². The Balaban J connectivity index is 1.53. The van der Waals surface area contributed by atoms with Crippen LogP contribution >= 0.6 is 0 Å². The smallest absolute Gasteiger partial charge is 0.336 e. The number of rotatable bonds is 8. The summed E-state index contributed by atoms with van der Waals surface area (Å²) < 4.78 is 5.39. The third-order valence-electron chi connectivity index (χ3n) is 6.62. The predicted molar refractivity (Wildman–Crippen MR) is 142 cm³/mol. The fourth-order valence-electron chi connectivity index (χ4n) is 4.67. The Bertz CT molecular complexity index is 1310. The molecule has 0 unspecified atom stereocenters. The Morgan fingerprint density at radius 2 is 1.68 bits per heavy atom. The summed E-state index contributed by atoms with van der Waals surface area (Å²) in [6, 6.07) is 24.8. The number of ether oxygens (including phenoxy) is 1. The van der Waals surface area contributed by atoms with Gasteiger partial charge in [0.15, 0.2) is 0 Å². The summed E-state index contributed by atoms with van der Waals surface area (Å²) in [6.07, 6.45) is 0.189. The number of carbonyl (C=O) groups is 3. The van der Waals surface area contributed by atoms with Crippen LogP contribution in [0.4, 0.5) is 0 Å². The van der Waals surface area contributed by atoms with Gasteiger partial charge in [-0.3, -0.25) is 9.59 Å². The zero-order valence-corrected chi connectivity index (χ0v) is 21.5. The molecule has 1 atom stereocenters. The van der Waals surface area contributed by atoms with Crippen LogP contribution in [-0.2, 0) is 27.4 Å². The summed E-state index contributed by atoms with van der Waals surface area (Å²) in [7, 11) is 0. The normalized spacial score (nSPS) is 15.5. The first-order chi connectivity index (χ1) is 17.9. The Morgan fingerprint density at radius 1 is 0.946 bits per heavy atom. The molecule has 6 heteroatoms. The highest BCUT2D eigenvalue weighted by atomic mass is 16.5. The van der Waals surface area contributed by atoms with Crippen molar-refractivity contribution >= 4 is 17.8 Å². The molecule has 4 rings (SSSR count). The molecule has 6 nitrogen and oxygen atoms in total. The maximum atomic E-state index is 13.3. The second kappa shape index (κ2) is 11.7. The van der Waals surface area contributed by atoms with E-state index in [0.29, 0.717) is 29.9 Å². The van der Waals surface area contributed by atoms with Crippen LogP contribution in [0.3, 0.4) is 0 Å². The quantitative estimate of drug-likeness (QED) is 0.431. The topological polar surface area (TPSA) is 75.7 Å². The molecule has 1 heterocycles. The molecule has 0 radical (unpaired) electrons. The summed E-state index contributed by atoms with van der Waals surface area (Å²) in [5.74, 6) is -0.958. The molecule has 3 aromatic carbocycles. The lowest BCUT2D eigenvalue weighted by molar-refractivity contribution is -0.140. The van der Waals surface area contributed by atoms with E-state index >= 15 is 0 Å². The fraction of sp³-hybridized carbons (Fsp3) is 0.258. The molecule has 1 aliphatic rings. The number of amides is 2. The zero-order chi connectivity index (χ0) is 26.4. The second-order valence-electron chi connectivity index (χ2n) is 9.24. The highest BCUT2D eigenvalue weighted by molar-refractivity contribution is 5.96. The first-order valence-electron chi connectivity index (χ1n) is 12.5. The largest absolute Gasteiger partial charge is 0.463 e. The Labute approximate surface area is 218 Å². The van der Waals surface area contributed by atoms with Gasteiger partial charge in [-0.05, 0) is 49.6 Å². The number of allylic oxidation sites excluding steroid dienone is 1. The minimum absolute atomic E-state index is 0.0539. The summed E-state index contributed by atoms with van der Waals surface area (Å²) in [5.41, 5.74) is 5.56. The van der Waals surface area contributed by atoms with Crippen LogP contribution < -0.4 is 5.32 Å². The van der Waals surface area contributed by atoms with Crippen molar-refractivity contribution in [2.45, 2.75) is 46.2 Å². The monoisotopic (exact) mass is 496 g/mol. The number of esters is 1. The van der Waals surface area contributed by atoms with Gasteiger partial charge in [-0.25, -0.2) is 4.79 Å². The molecule has 1 N–H and O–H groups in total. The number of hydrogen-bond donors (Lipinski definition) is 1. The summed E-state index contributed by atoms with van der Waals surface area (Å²) in [6.45, 7) is 6.59. The van der Waals surface area contributed by atoms with Crippen molar-refractivity contribution < 1.29 is 19.1 Å². The van der Waals surface area contributed by atoms with Crippen LogP contribution in [0.15, 0.2) is 90.1 Å². The van der Waals surface area contributed by atoms with Gasteiger partial charge in [-0.1, -0.05) is 72.3 Å². The van der Waals surface area contributed by atoms with Gasteiger partial charge in [0.05, 0.1) is 18.7 Å². The van der Waals surface area contributed by atoms with E-state index < -0.39 is 5.97 Å². The van der Waals surface area contributed by atoms with E-state index in [-0.39, 0.29) is 30.8 Å². The lowest BCUT2D eigenvalue weighted by Gasteiger charge is -2.34. The molecule has 190 valence electrons. The fourth-order valence-corrected chi connectivity index (χ4v) is 4.67. The summed E-state index contributed by atoms with van der Waals surface area (Å²) in [5, 5.41) is 2.92. The third-order valence-corrected chi connectivity index (χ3v) is 6.62. The number of nitrogens with zero attached hydrogens (tertiary/aromatic N) is 1. The molecule has 0 aromatic heterocycles. The molecule has 0 saturated heterocycles. The molecule has 0 spiro atoms. The first-order valence-corrected chi connectivity index (χ1v) is 12.5. The van der Waals surface area contributed by atoms with Gasteiger partial charge in [0.2, 0.25) is 5.91 Å². The van der Waals surface area contributed by atoms with Gasteiger partial charge < -0.3 is 15.0 Å². The highest BCUT2D eigenvalue weighted by Gasteiger charge is 2.36. The molecule has 3 aromatic rings. The van der Waals surface area contributed by atoms with Crippen molar-refractivity contribution in [2.24, 2.45) is 0 Å². The summed E-state index contributed by atoms with van der Waals surface area (Å²) >= 11 is 0. The minimum Gasteiger partial charge on any atom is -0.463 e. The first kappa shape index (κ1) is 25.9. The predicted octanol–water partition coefficient (Wildman–Crippen LogP) is 5.28. The third kappa shape index (κ3) is 6.15. The van der Waals surface area contributed by atoms with Crippen molar-refractivity contribution in [3.8, 4) is 0 Å². The average molecular weight is 497 g/mol. The van der Waals surface area contributed by atoms with Crippen LogP contribution in [-0.4, -0.2) is 29.3 Å². The van der Waals surface area contributed by atoms with E-state index in [1.807, 2.05) is 73.7 Å². The van der Waals surface area contributed by atoms with Gasteiger partial charge in [0, 0.05) is 30.1 Å². The standard InChI is InChI=1S/C31H32N2O4/c1-4-37-31(36)29-22(3)33(28(34)18-27(29)26-12-8-9-21(2)17-26)20-24-13-15-25(16-14-24)30(35)32-19-23-10-6-5-7-11-23/h5-17,27H,4,18-20H2,1-3H3,(H,32,35)/t27-/m0/s1. The van der Waals surface area contributed by atoms with E-state index in [9.17, 15) is 14.4 Å². The Kier molecular flexibility index (Phi) is 8.18. The van der Waals surface area contributed by atoms with Gasteiger partial charge >= 0.3 is 5.97 Å². The van der Waals surface area contributed by atoms with Gasteiger partial charge in [0.25, 0.3) is 5.91 Å². The molecule has 0 saturated carbocycles. The summed E-state index contributed by atoms with van der Waals surface area (Å²) in [4.78, 5) is 40.5. The molecular weight excluding hydrogens is 464 g/mol. The van der Waals surface area contributed by atoms with Crippen LogP contribution in [0.25, 0.3) is 0 Å². The van der Waals surface area contributed by atoms with Crippen LogP contribution in [0.1, 0.15) is 58.8 Å². The molecule has 1 aliphatic heterocycles. The van der Waals surface area contributed by atoms with Gasteiger partial charge in [-0.15, -0.1) is 0 Å². The Hall–Kier alpha value is -4.19. The zero-order valence-electron chi connectivity index (χ0n) is 21.5. The maximum absolute atomic E-state index is 13.3. The SMILES string of the molecule is CCOC(=O)C1=C(C)N(Cc2ccc(C(=O)NCc3ccccc3)cc2)C(=O)C[C@H]1c1cccc(C)c1. The van der Waals surface area contributed by atoms with E-state index in [1.165, 1.54) is 0 Å². The lowest BCUT2D eigenvalue weighted by atomic mass is 9.83. The van der Waals surface area contributed by atoms with E-state index in [4.69, 9.17) is 4.74 Å². The molecule has 2 amide bonds. The van der Waals surface area contributed by atoms with Gasteiger partial charge in [-0.2, -0.15) is 0 Å². The maximum Gasteiger partial charge on any atom is 0.336 e. The number of aryl methyl sites for hydroxylation is 1. The molecule has 0 bridgehead atoms. The average Bonchev–Trinajstić information content (AvgIpc) is 2.90. The van der Waals surface area contributed by atoms with Crippen LogP contribution in [0.5, 0.6) is 0 Å². The highest BCUT2D eigenvalue weighted by Crippen LogP contribution is 2.38. The Morgan fingerprint density at radius 3 is 2.35 bits per heavy atom. The van der Waals surface area contributed by atoms with Crippen molar-refractivity contribution in [3.63, 3.8) is 0 Å². The molecule has 37 heavy (non-hydrogen) atoms. The number of hydrogen-bond acceptors (Lipinski definition) is 4. The van der Waals surface area contributed by atoms with Crippen LogP contribution in [0, 0.1) is 6.92 Å². The van der Waals surface area contributed by atoms with Crippen molar-refractivity contribution in [1.29, 1.82) is 0 Å². The van der Waals surface area contributed by atoms with Crippen molar-refractivity contribution in [2.75, 3.05) is 6.61 Å². The lowest BCUT2D eigenvalue weighted by Crippen LogP contribution is -2.38. The molecular formula is C31H32N2O4. The number of nitrogens with one attached hydrogen (secondary N) is 1. The van der Waals surface area contributed by atoms with Crippen molar-refractivity contribution in [1.82, 2.24) is 10.2 Å². The number of benzene rings is 3. The number of carbonyl (C=O) groups excluding carboxylic acids is 3. The molecule has 0 aliphatic carbocycles. The minimum atomic E-state index is -0.394. The van der Waals surface area contributed by atoms with Crippen LogP contribution in [0.2, 0.25) is 0 Å². The molecule has 0 fully saturated rings.